The molecule has 0 aliphatic heterocycles. The van der Waals surface area contributed by atoms with Gasteiger partial charge in [-0.3, -0.25) is 4.79 Å². The number of unbranched alkanes of at least 4 members (excludes halogenated alkanes) is 3. The first-order valence-corrected chi connectivity index (χ1v) is 9.96. The highest BCUT2D eigenvalue weighted by molar-refractivity contribution is 5.86. The van der Waals surface area contributed by atoms with Crippen molar-refractivity contribution in [2.75, 3.05) is 0 Å². The molecule has 2 heteroatoms. The maximum atomic E-state index is 12.3. The molecule has 2 aromatic carbocycles. The van der Waals surface area contributed by atoms with Gasteiger partial charge in [0.25, 0.3) is 0 Å². The first kappa shape index (κ1) is 18.0. The molecule has 0 bridgehead atoms. The fourth-order valence-electron chi connectivity index (χ4n) is 4.09. The lowest BCUT2D eigenvalue weighted by atomic mass is 9.80. The summed E-state index contributed by atoms with van der Waals surface area (Å²) in [6, 6.07) is 15.1. The Hall–Kier alpha value is -1.83. The number of hydrogen-bond acceptors (Lipinski definition) is 2. The number of hydrogen-bond donors (Lipinski definition) is 0. The summed E-state index contributed by atoms with van der Waals surface area (Å²) in [6.07, 6.45) is 9.58. The van der Waals surface area contributed by atoms with Crippen LogP contribution in [0.25, 0.3) is 10.8 Å². The third kappa shape index (κ3) is 4.62. The molecule has 0 spiro atoms. The van der Waals surface area contributed by atoms with Gasteiger partial charge in [-0.1, -0.05) is 75.1 Å². The van der Waals surface area contributed by atoms with Gasteiger partial charge in [-0.05, 0) is 42.0 Å². The summed E-state index contributed by atoms with van der Waals surface area (Å²) in [5.74, 6) is 0.327. The van der Waals surface area contributed by atoms with Gasteiger partial charge in [0.2, 0.25) is 0 Å². The average Bonchev–Trinajstić information content (AvgIpc) is 2.65. The molecule has 2 nitrogen and oxygen atoms in total. The molecule has 0 saturated heterocycles. The molecule has 3 rings (SSSR count). The predicted octanol–water partition coefficient (Wildman–Crippen LogP) is 6.38. The van der Waals surface area contributed by atoms with Crippen LogP contribution in [0.15, 0.2) is 42.5 Å². The van der Waals surface area contributed by atoms with E-state index in [1.807, 2.05) is 0 Å². The predicted molar refractivity (Wildman–Crippen MR) is 104 cm³/mol. The second-order valence-corrected chi connectivity index (χ2v) is 7.30. The van der Waals surface area contributed by atoms with E-state index in [0.29, 0.717) is 12.3 Å². The number of carbonyl (C=O) groups is 1. The number of rotatable bonds is 7. The van der Waals surface area contributed by atoms with Crippen molar-refractivity contribution in [1.29, 1.82) is 0 Å². The maximum absolute atomic E-state index is 12.3. The number of ether oxygens (including phenoxy) is 1. The van der Waals surface area contributed by atoms with Crippen molar-refractivity contribution >= 4 is 16.7 Å². The van der Waals surface area contributed by atoms with Crippen LogP contribution in [0.3, 0.4) is 0 Å². The van der Waals surface area contributed by atoms with Crippen LogP contribution in [0.2, 0.25) is 0 Å². The van der Waals surface area contributed by atoms with E-state index in [1.165, 1.54) is 35.6 Å². The normalized spacial score (nSPS) is 20.5. The monoisotopic (exact) mass is 338 g/mol. The molecular weight excluding hydrogens is 308 g/mol. The van der Waals surface area contributed by atoms with E-state index >= 15 is 0 Å². The zero-order valence-electron chi connectivity index (χ0n) is 15.4. The molecule has 1 aliphatic carbocycles. The number of carbonyl (C=O) groups excluding carboxylic acids is 1. The molecule has 0 amide bonds. The fourth-order valence-corrected chi connectivity index (χ4v) is 4.09. The molecule has 25 heavy (non-hydrogen) atoms. The Morgan fingerprint density at radius 1 is 1.00 bits per heavy atom. The number of benzene rings is 2. The molecule has 134 valence electrons. The average molecular weight is 338 g/mol. The van der Waals surface area contributed by atoms with E-state index in [4.69, 9.17) is 4.74 Å². The van der Waals surface area contributed by atoms with Crippen molar-refractivity contribution in [3.63, 3.8) is 0 Å². The second kappa shape index (κ2) is 9.03. The van der Waals surface area contributed by atoms with Gasteiger partial charge in [-0.25, -0.2) is 0 Å². The van der Waals surface area contributed by atoms with E-state index in [-0.39, 0.29) is 12.1 Å². The smallest absolute Gasteiger partial charge is 0.306 e. The minimum absolute atomic E-state index is 0.00626. The van der Waals surface area contributed by atoms with E-state index in [1.54, 1.807) is 0 Å². The van der Waals surface area contributed by atoms with Crippen LogP contribution in [0, 0.1) is 0 Å². The summed E-state index contributed by atoms with van der Waals surface area (Å²) in [5, 5.41) is 2.58. The maximum Gasteiger partial charge on any atom is 0.306 e. The highest BCUT2D eigenvalue weighted by Gasteiger charge is 2.30. The van der Waals surface area contributed by atoms with Crippen LogP contribution in [0.5, 0.6) is 0 Å². The molecule has 0 unspecified atom stereocenters. The summed E-state index contributed by atoms with van der Waals surface area (Å²) >= 11 is 0. The summed E-state index contributed by atoms with van der Waals surface area (Å²) in [6.45, 7) is 2.19. The van der Waals surface area contributed by atoms with Crippen molar-refractivity contribution in [3.05, 3.63) is 48.0 Å². The van der Waals surface area contributed by atoms with E-state index in [0.717, 1.165) is 32.1 Å². The van der Waals surface area contributed by atoms with Crippen molar-refractivity contribution < 1.29 is 9.53 Å². The fraction of sp³-hybridized carbons (Fsp3) is 0.522. The molecule has 1 saturated carbocycles. The molecular formula is C23H30O2. The Morgan fingerprint density at radius 2 is 1.80 bits per heavy atom. The summed E-state index contributed by atoms with van der Waals surface area (Å²) in [5.41, 5.74) is 1.35. The quantitative estimate of drug-likeness (QED) is 0.432. The van der Waals surface area contributed by atoms with Crippen LogP contribution in [0.1, 0.15) is 76.2 Å². The third-order valence-corrected chi connectivity index (χ3v) is 5.44. The molecule has 2 atom stereocenters. The largest absolute Gasteiger partial charge is 0.462 e. The Morgan fingerprint density at radius 3 is 2.68 bits per heavy atom. The molecule has 0 heterocycles. The Kier molecular flexibility index (Phi) is 6.49. The van der Waals surface area contributed by atoms with Gasteiger partial charge in [-0.15, -0.1) is 0 Å². The lowest BCUT2D eigenvalue weighted by Crippen LogP contribution is -2.28. The molecule has 1 aliphatic rings. The molecule has 0 aromatic heterocycles. The van der Waals surface area contributed by atoms with Gasteiger partial charge in [0, 0.05) is 12.3 Å². The Balaban J connectivity index is 1.71. The molecule has 2 aromatic rings. The summed E-state index contributed by atoms with van der Waals surface area (Å²) < 4.78 is 5.95. The SMILES string of the molecule is CCCCCCC(=O)O[C@@H]1CCCC[C@@H]1c1cccc2ccccc12. The van der Waals surface area contributed by atoms with Crippen LogP contribution in [-0.2, 0) is 9.53 Å². The minimum atomic E-state index is -0.00626. The van der Waals surface area contributed by atoms with Gasteiger partial charge < -0.3 is 4.74 Å². The van der Waals surface area contributed by atoms with Crippen LogP contribution >= 0.6 is 0 Å². The third-order valence-electron chi connectivity index (χ3n) is 5.44. The first-order valence-electron chi connectivity index (χ1n) is 9.96. The molecule has 0 radical (unpaired) electrons. The lowest BCUT2D eigenvalue weighted by molar-refractivity contribution is -0.151. The van der Waals surface area contributed by atoms with Gasteiger partial charge >= 0.3 is 5.97 Å². The highest BCUT2D eigenvalue weighted by atomic mass is 16.5. The van der Waals surface area contributed by atoms with Crippen LogP contribution < -0.4 is 0 Å². The van der Waals surface area contributed by atoms with E-state index in [9.17, 15) is 4.79 Å². The number of fused-ring (bicyclic) bond motifs is 1. The van der Waals surface area contributed by atoms with Gasteiger partial charge in [-0.2, -0.15) is 0 Å². The standard InChI is InChI=1S/C23H30O2/c1-2-3-4-5-17-23(24)25-22-16-9-8-14-21(22)20-15-10-12-18-11-6-7-13-19(18)20/h6-7,10-13,15,21-22H,2-5,8-9,14,16-17H2,1H3/t21-,22-/m1/s1. The van der Waals surface area contributed by atoms with Crippen LogP contribution in [-0.4, -0.2) is 12.1 Å². The Bertz CT molecular complexity index is 686. The summed E-state index contributed by atoms with van der Waals surface area (Å²) in [4.78, 5) is 12.3. The first-order chi connectivity index (χ1) is 12.3. The second-order valence-electron chi connectivity index (χ2n) is 7.30. The van der Waals surface area contributed by atoms with Gasteiger partial charge in [0.1, 0.15) is 6.10 Å². The van der Waals surface area contributed by atoms with Crippen molar-refractivity contribution in [2.24, 2.45) is 0 Å². The molecule has 1 fully saturated rings. The van der Waals surface area contributed by atoms with Crippen LogP contribution in [0.4, 0.5) is 0 Å². The number of esters is 1. The Labute approximate surface area is 151 Å². The van der Waals surface area contributed by atoms with Gasteiger partial charge in [0.15, 0.2) is 0 Å². The van der Waals surface area contributed by atoms with E-state index < -0.39 is 0 Å². The topological polar surface area (TPSA) is 26.3 Å². The zero-order chi connectivity index (χ0) is 17.5. The lowest BCUT2D eigenvalue weighted by Gasteiger charge is -2.32. The zero-order valence-corrected chi connectivity index (χ0v) is 15.4. The highest BCUT2D eigenvalue weighted by Crippen LogP contribution is 2.38. The van der Waals surface area contributed by atoms with Crippen molar-refractivity contribution in [3.8, 4) is 0 Å². The van der Waals surface area contributed by atoms with E-state index in [2.05, 4.69) is 49.4 Å². The van der Waals surface area contributed by atoms with Crippen molar-refractivity contribution in [2.45, 2.75) is 76.7 Å². The summed E-state index contributed by atoms with van der Waals surface area (Å²) in [7, 11) is 0. The van der Waals surface area contributed by atoms with Gasteiger partial charge in [0.05, 0.1) is 0 Å². The minimum Gasteiger partial charge on any atom is -0.462 e. The van der Waals surface area contributed by atoms with Crippen molar-refractivity contribution in [1.82, 2.24) is 0 Å². The molecule has 0 N–H and O–H groups in total.